The molecular formula is C15H16N2O3. The van der Waals surface area contributed by atoms with Crippen LogP contribution in [0.4, 0.5) is 5.69 Å². The molecule has 20 heavy (non-hydrogen) atoms. The van der Waals surface area contributed by atoms with Gasteiger partial charge in [-0.15, -0.1) is 0 Å². The molecule has 2 aromatic rings. The molecule has 104 valence electrons. The Kier molecular flexibility index (Phi) is 4.00. The maximum absolute atomic E-state index is 10.9. The summed E-state index contributed by atoms with van der Waals surface area (Å²) < 4.78 is 5.69. The van der Waals surface area contributed by atoms with Gasteiger partial charge in [0.15, 0.2) is 0 Å². The SMILES string of the molecule is Cc1c(Oc2ccc(C(C)N)cc2)cccc1[N+](=O)[O-]. The van der Waals surface area contributed by atoms with E-state index in [1.54, 1.807) is 31.2 Å². The summed E-state index contributed by atoms with van der Waals surface area (Å²) in [6, 6.07) is 12.1. The second-order valence-electron chi connectivity index (χ2n) is 4.62. The quantitative estimate of drug-likeness (QED) is 0.679. The maximum atomic E-state index is 10.9. The molecule has 0 radical (unpaired) electrons. The summed E-state index contributed by atoms with van der Waals surface area (Å²) >= 11 is 0. The molecule has 5 nitrogen and oxygen atoms in total. The molecule has 0 aliphatic carbocycles. The van der Waals surface area contributed by atoms with Gasteiger partial charge in [0.1, 0.15) is 11.5 Å². The first-order chi connectivity index (χ1) is 9.49. The number of hydrogen-bond acceptors (Lipinski definition) is 4. The van der Waals surface area contributed by atoms with Crippen molar-refractivity contribution in [3.05, 3.63) is 63.7 Å². The Labute approximate surface area is 117 Å². The van der Waals surface area contributed by atoms with Crippen LogP contribution in [0.15, 0.2) is 42.5 Å². The van der Waals surface area contributed by atoms with Crippen LogP contribution >= 0.6 is 0 Å². The topological polar surface area (TPSA) is 78.4 Å². The van der Waals surface area contributed by atoms with Crippen LogP contribution in [0.1, 0.15) is 24.1 Å². The molecule has 5 heteroatoms. The molecule has 1 atom stereocenters. The van der Waals surface area contributed by atoms with Gasteiger partial charge >= 0.3 is 0 Å². The number of nitro groups is 1. The molecule has 0 bridgehead atoms. The van der Waals surface area contributed by atoms with Crippen molar-refractivity contribution in [3.8, 4) is 11.5 Å². The smallest absolute Gasteiger partial charge is 0.276 e. The fraction of sp³-hybridized carbons (Fsp3) is 0.200. The van der Waals surface area contributed by atoms with E-state index in [-0.39, 0.29) is 11.7 Å². The number of hydrogen-bond donors (Lipinski definition) is 1. The standard InChI is InChI=1S/C15H16N2O3/c1-10-14(17(18)19)4-3-5-15(10)20-13-8-6-12(7-9-13)11(2)16/h3-9,11H,16H2,1-2H3. The third-order valence-corrected chi connectivity index (χ3v) is 3.09. The van der Waals surface area contributed by atoms with Gasteiger partial charge in [-0.1, -0.05) is 18.2 Å². The Hall–Kier alpha value is -2.40. The molecule has 0 fully saturated rings. The number of ether oxygens (including phenoxy) is 1. The molecule has 0 spiro atoms. The van der Waals surface area contributed by atoms with Crippen molar-refractivity contribution in [2.45, 2.75) is 19.9 Å². The molecule has 0 aliphatic rings. The molecule has 1 unspecified atom stereocenters. The summed E-state index contributed by atoms with van der Waals surface area (Å²) in [7, 11) is 0. The van der Waals surface area contributed by atoms with E-state index in [9.17, 15) is 10.1 Å². The fourth-order valence-corrected chi connectivity index (χ4v) is 1.88. The number of benzene rings is 2. The van der Waals surface area contributed by atoms with E-state index in [2.05, 4.69) is 0 Å². The van der Waals surface area contributed by atoms with Crippen LogP contribution in [0.25, 0.3) is 0 Å². The highest BCUT2D eigenvalue weighted by Crippen LogP contribution is 2.31. The molecular weight excluding hydrogens is 256 g/mol. The summed E-state index contributed by atoms with van der Waals surface area (Å²) in [5, 5.41) is 10.9. The van der Waals surface area contributed by atoms with Crippen molar-refractivity contribution in [1.29, 1.82) is 0 Å². The summed E-state index contributed by atoms with van der Waals surface area (Å²) in [6.07, 6.45) is 0. The molecule has 0 heterocycles. The molecule has 2 N–H and O–H groups in total. The minimum Gasteiger partial charge on any atom is -0.457 e. The van der Waals surface area contributed by atoms with Gasteiger partial charge in [-0.3, -0.25) is 10.1 Å². The summed E-state index contributed by atoms with van der Waals surface area (Å²) in [4.78, 5) is 10.5. The van der Waals surface area contributed by atoms with Gasteiger partial charge in [-0.05, 0) is 37.6 Å². The van der Waals surface area contributed by atoms with Gasteiger partial charge in [0, 0.05) is 12.1 Å². The fourth-order valence-electron chi connectivity index (χ4n) is 1.88. The van der Waals surface area contributed by atoms with Crippen LogP contribution in [0.2, 0.25) is 0 Å². The Balaban J connectivity index is 2.26. The number of nitrogens with two attached hydrogens (primary N) is 1. The minimum atomic E-state index is -0.415. The van der Waals surface area contributed by atoms with Crippen LogP contribution in [0.5, 0.6) is 11.5 Å². The zero-order valence-electron chi connectivity index (χ0n) is 11.4. The maximum Gasteiger partial charge on any atom is 0.276 e. The number of nitro benzene ring substituents is 1. The minimum absolute atomic E-state index is 0.0383. The predicted molar refractivity (Wildman–Crippen MR) is 77.0 cm³/mol. The van der Waals surface area contributed by atoms with E-state index in [1.807, 2.05) is 19.1 Å². The van der Waals surface area contributed by atoms with Crippen molar-refractivity contribution in [2.24, 2.45) is 5.73 Å². The molecule has 0 aromatic heterocycles. The average molecular weight is 272 g/mol. The third kappa shape index (κ3) is 2.95. The van der Waals surface area contributed by atoms with E-state index in [4.69, 9.17) is 10.5 Å². The molecule has 0 saturated carbocycles. The normalized spacial score (nSPS) is 11.9. The zero-order valence-corrected chi connectivity index (χ0v) is 11.4. The number of rotatable bonds is 4. The van der Waals surface area contributed by atoms with E-state index in [0.29, 0.717) is 17.1 Å². The lowest BCUT2D eigenvalue weighted by molar-refractivity contribution is -0.385. The van der Waals surface area contributed by atoms with Crippen molar-refractivity contribution in [2.75, 3.05) is 0 Å². The highest BCUT2D eigenvalue weighted by molar-refractivity contribution is 5.49. The Morgan fingerprint density at radius 2 is 1.85 bits per heavy atom. The van der Waals surface area contributed by atoms with Crippen LogP contribution in [0, 0.1) is 17.0 Å². The monoisotopic (exact) mass is 272 g/mol. The zero-order chi connectivity index (χ0) is 14.7. The van der Waals surface area contributed by atoms with E-state index >= 15 is 0 Å². The van der Waals surface area contributed by atoms with Gasteiger partial charge in [0.25, 0.3) is 5.69 Å². The Morgan fingerprint density at radius 3 is 2.40 bits per heavy atom. The molecule has 2 rings (SSSR count). The van der Waals surface area contributed by atoms with E-state index in [1.165, 1.54) is 6.07 Å². The lowest BCUT2D eigenvalue weighted by atomic mass is 10.1. The van der Waals surface area contributed by atoms with Crippen LogP contribution in [0.3, 0.4) is 0 Å². The van der Waals surface area contributed by atoms with Gasteiger partial charge in [0.2, 0.25) is 0 Å². The average Bonchev–Trinajstić information content (AvgIpc) is 2.41. The second kappa shape index (κ2) is 5.71. The Morgan fingerprint density at radius 1 is 1.20 bits per heavy atom. The summed E-state index contributed by atoms with van der Waals surface area (Å²) in [5.74, 6) is 1.10. The first-order valence-corrected chi connectivity index (χ1v) is 6.26. The second-order valence-corrected chi connectivity index (χ2v) is 4.62. The van der Waals surface area contributed by atoms with Gasteiger partial charge < -0.3 is 10.5 Å². The van der Waals surface area contributed by atoms with Crippen molar-refractivity contribution >= 4 is 5.69 Å². The van der Waals surface area contributed by atoms with Gasteiger partial charge in [-0.2, -0.15) is 0 Å². The van der Waals surface area contributed by atoms with Crippen LogP contribution in [-0.2, 0) is 0 Å². The highest BCUT2D eigenvalue weighted by atomic mass is 16.6. The summed E-state index contributed by atoms with van der Waals surface area (Å²) in [5.41, 5.74) is 7.34. The van der Waals surface area contributed by atoms with Crippen LogP contribution < -0.4 is 10.5 Å². The number of nitrogens with zero attached hydrogens (tertiary/aromatic N) is 1. The molecule has 0 saturated heterocycles. The van der Waals surface area contributed by atoms with Gasteiger partial charge in [0.05, 0.1) is 10.5 Å². The van der Waals surface area contributed by atoms with Crippen molar-refractivity contribution in [3.63, 3.8) is 0 Å². The lowest BCUT2D eigenvalue weighted by Crippen LogP contribution is -2.04. The van der Waals surface area contributed by atoms with Gasteiger partial charge in [-0.25, -0.2) is 0 Å². The van der Waals surface area contributed by atoms with Crippen LogP contribution in [-0.4, -0.2) is 4.92 Å². The van der Waals surface area contributed by atoms with Crippen molar-refractivity contribution in [1.82, 2.24) is 0 Å². The first kappa shape index (κ1) is 14.0. The third-order valence-electron chi connectivity index (χ3n) is 3.09. The largest absolute Gasteiger partial charge is 0.457 e. The molecule has 2 aromatic carbocycles. The molecule has 0 amide bonds. The highest BCUT2D eigenvalue weighted by Gasteiger charge is 2.14. The molecule has 0 aliphatic heterocycles. The summed E-state index contributed by atoms with van der Waals surface area (Å²) in [6.45, 7) is 3.57. The lowest BCUT2D eigenvalue weighted by Gasteiger charge is -2.10. The first-order valence-electron chi connectivity index (χ1n) is 6.26. The van der Waals surface area contributed by atoms with Crippen molar-refractivity contribution < 1.29 is 9.66 Å². The van der Waals surface area contributed by atoms with E-state index < -0.39 is 4.92 Å². The van der Waals surface area contributed by atoms with E-state index in [0.717, 1.165) is 5.56 Å². The Bertz CT molecular complexity index is 622. The predicted octanol–water partition coefficient (Wildman–Crippen LogP) is 3.72.